The number of halogens is 1. The van der Waals surface area contributed by atoms with Crippen molar-refractivity contribution >= 4 is 29.6 Å². The Morgan fingerprint density at radius 3 is 2.27 bits per heavy atom. The van der Waals surface area contributed by atoms with Crippen LogP contribution in [0.15, 0.2) is 54.6 Å². The Hall–Kier alpha value is -2.59. The Bertz CT molecular complexity index is 839. The van der Waals surface area contributed by atoms with Crippen LogP contribution in [0.4, 0.5) is 0 Å². The van der Waals surface area contributed by atoms with E-state index in [4.69, 9.17) is 21.1 Å². The molecule has 0 fully saturated rings. The minimum Gasteiger partial charge on any atom is -0.468 e. The van der Waals surface area contributed by atoms with Crippen molar-refractivity contribution in [1.82, 2.24) is 0 Å². The van der Waals surface area contributed by atoms with Crippen LogP contribution < -0.4 is 0 Å². The molecule has 0 saturated carbocycles. The monoisotopic (exact) mass is 370 g/mol. The lowest BCUT2D eigenvalue weighted by atomic mass is 9.75. The number of allylic oxidation sites excluding steroid dienone is 1. The van der Waals surface area contributed by atoms with E-state index in [0.29, 0.717) is 5.02 Å². The SMILES string of the molecule is COC(=O)C1(C(=O)OC)Cc2ccccc2[C@H]1/C=C/c1ccc(Cl)cc1. The van der Waals surface area contributed by atoms with Crippen LogP contribution in [0, 0.1) is 5.41 Å². The number of hydrogen-bond donors (Lipinski definition) is 0. The van der Waals surface area contributed by atoms with Crippen LogP contribution in [0.2, 0.25) is 5.02 Å². The third-order valence-corrected chi connectivity index (χ3v) is 5.09. The molecule has 1 aliphatic carbocycles. The molecule has 0 spiro atoms. The number of carbonyl (C=O) groups is 2. The van der Waals surface area contributed by atoms with Gasteiger partial charge >= 0.3 is 11.9 Å². The van der Waals surface area contributed by atoms with Gasteiger partial charge in [0.05, 0.1) is 14.2 Å². The summed E-state index contributed by atoms with van der Waals surface area (Å²) in [5, 5.41) is 0.645. The first kappa shape index (κ1) is 18.2. The number of ether oxygens (including phenoxy) is 2. The summed E-state index contributed by atoms with van der Waals surface area (Å²) in [5.74, 6) is -1.66. The van der Waals surface area contributed by atoms with Crippen LogP contribution in [0.1, 0.15) is 22.6 Å². The van der Waals surface area contributed by atoms with Gasteiger partial charge in [-0.15, -0.1) is 0 Å². The Balaban J connectivity index is 2.10. The second-order valence-electron chi connectivity index (χ2n) is 6.22. The summed E-state index contributed by atoms with van der Waals surface area (Å²) >= 11 is 5.93. The van der Waals surface area contributed by atoms with Crippen molar-refractivity contribution in [2.75, 3.05) is 14.2 Å². The van der Waals surface area contributed by atoms with Gasteiger partial charge in [-0.3, -0.25) is 9.59 Å². The predicted molar refractivity (Wildman–Crippen MR) is 99.8 cm³/mol. The van der Waals surface area contributed by atoms with E-state index >= 15 is 0 Å². The maximum Gasteiger partial charge on any atom is 0.324 e. The first-order valence-corrected chi connectivity index (χ1v) is 8.59. The van der Waals surface area contributed by atoms with E-state index in [2.05, 4.69) is 0 Å². The largest absolute Gasteiger partial charge is 0.468 e. The van der Waals surface area contributed by atoms with Crippen LogP contribution in [-0.4, -0.2) is 26.2 Å². The molecule has 3 rings (SSSR count). The summed E-state index contributed by atoms with van der Waals surface area (Å²) in [7, 11) is 2.58. The highest BCUT2D eigenvalue weighted by Gasteiger charge is 2.58. The fourth-order valence-electron chi connectivity index (χ4n) is 3.57. The molecule has 0 unspecified atom stereocenters. The van der Waals surface area contributed by atoms with Gasteiger partial charge in [-0.2, -0.15) is 0 Å². The van der Waals surface area contributed by atoms with Crippen LogP contribution in [0.3, 0.4) is 0 Å². The van der Waals surface area contributed by atoms with E-state index in [9.17, 15) is 9.59 Å². The van der Waals surface area contributed by atoms with Gasteiger partial charge in [0.1, 0.15) is 0 Å². The molecule has 0 aliphatic heterocycles. The molecule has 0 heterocycles. The first-order chi connectivity index (χ1) is 12.5. The highest BCUT2D eigenvalue weighted by molar-refractivity contribution is 6.30. The van der Waals surface area contributed by atoms with Gasteiger partial charge in [-0.1, -0.05) is 60.2 Å². The molecule has 0 bridgehead atoms. The van der Waals surface area contributed by atoms with Crippen LogP contribution in [-0.2, 0) is 25.5 Å². The van der Waals surface area contributed by atoms with Crippen molar-refractivity contribution in [3.63, 3.8) is 0 Å². The maximum atomic E-state index is 12.7. The van der Waals surface area contributed by atoms with Gasteiger partial charge < -0.3 is 9.47 Å². The van der Waals surface area contributed by atoms with Gasteiger partial charge in [0.25, 0.3) is 0 Å². The zero-order chi connectivity index (χ0) is 18.7. The molecular formula is C21H19ClO4. The van der Waals surface area contributed by atoms with Crippen molar-refractivity contribution in [2.24, 2.45) is 5.41 Å². The molecule has 1 aliphatic rings. The van der Waals surface area contributed by atoms with Gasteiger partial charge in [0, 0.05) is 17.4 Å². The molecule has 0 saturated heterocycles. The minimum atomic E-state index is -1.42. The predicted octanol–water partition coefficient (Wildman–Crippen LogP) is 4.03. The normalized spacial score (nSPS) is 17.7. The lowest BCUT2D eigenvalue weighted by Gasteiger charge is -2.28. The molecule has 26 heavy (non-hydrogen) atoms. The molecule has 2 aromatic carbocycles. The zero-order valence-electron chi connectivity index (χ0n) is 14.6. The van der Waals surface area contributed by atoms with E-state index in [1.54, 1.807) is 12.1 Å². The second-order valence-corrected chi connectivity index (χ2v) is 6.65. The highest BCUT2D eigenvalue weighted by Crippen LogP contribution is 2.50. The van der Waals surface area contributed by atoms with E-state index in [1.165, 1.54) is 14.2 Å². The van der Waals surface area contributed by atoms with E-state index < -0.39 is 23.3 Å². The average molecular weight is 371 g/mol. The number of hydrogen-bond acceptors (Lipinski definition) is 4. The van der Waals surface area contributed by atoms with Crippen LogP contribution in [0.5, 0.6) is 0 Å². The molecular weight excluding hydrogens is 352 g/mol. The summed E-state index contributed by atoms with van der Waals surface area (Å²) in [6.45, 7) is 0. The standard InChI is InChI=1S/C21H19ClO4/c1-25-19(23)21(20(24)26-2)13-15-5-3-4-6-17(15)18(21)12-9-14-7-10-16(22)11-8-14/h3-12,18H,13H2,1-2H3/b12-9+/t18-/m1/s1. The van der Waals surface area contributed by atoms with Crippen molar-refractivity contribution in [1.29, 1.82) is 0 Å². The van der Waals surface area contributed by atoms with E-state index in [-0.39, 0.29) is 6.42 Å². The lowest BCUT2D eigenvalue weighted by Crippen LogP contribution is -2.44. The third kappa shape index (κ3) is 3.01. The maximum absolute atomic E-state index is 12.7. The van der Waals surface area contributed by atoms with Gasteiger partial charge in [0.2, 0.25) is 0 Å². The number of carbonyl (C=O) groups excluding carboxylic acids is 2. The molecule has 4 nitrogen and oxygen atoms in total. The van der Waals surface area contributed by atoms with Crippen LogP contribution >= 0.6 is 11.6 Å². The number of esters is 2. The fourth-order valence-corrected chi connectivity index (χ4v) is 3.70. The molecule has 1 atom stereocenters. The van der Waals surface area contributed by atoms with Crippen LogP contribution in [0.25, 0.3) is 6.08 Å². The quantitative estimate of drug-likeness (QED) is 0.602. The van der Waals surface area contributed by atoms with Crippen molar-refractivity contribution in [2.45, 2.75) is 12.3 Å². The zero-order valence-corrected chi connectivity index (χ0v) is 15.3. The number of methoxy groups -OCH3 is 2. The van der Waals surface area contributed by atoms with Gasteiger partial charge in [-0.05, 0) is 28.8 Å². The summed E-state index contributed by atoms with van der Waals surface area (Å²) < 4.78 is 10.00. The van der Waals surface area contributed by atoms with Crippen molar-refractivity contribution in [3.05, 3.63) is 76.3 Å². The van der Waals surface area contributed by atoms with Gasteiger partial charge in [0.15, 0.2) is 5.41 Å². The fraction of sp³-hybridized carbons (Fsp3) is 0.238. The summed E-state index contributed by atoms with van der Waals surface area (Å²) in [5.41, 5.74) is 1.36. The van der Waals surface area contributed by atoms with Crippen molar-refractivity contribution < 1.29 is 19.1 Å². The minimum absolute atomic E-state index is 0.248. The first-order valence-electron chi connectivity index (χ1n) is 8.21. The van der Waals surface area contributed by atoms with E-state index in [0.717, 1.165) is 16.7 Å². The molecule has 0 radical (unpaired) electrons. The molecule has 0 aromatic heterocycles. The number of fused-ring (bicyclic) bond motifs is 1. The highest BCUT2D eigenvalue weighted by atomic mass is 35.5. The van der Waals surface area contributed by atoms with Gasteiger partial charge in [-0.25, -0.2) is 0 Å². The Morgan fingerprint density at radius 1 is 1.04 bits per heavy atom. The molecule has 2 aromatic rings. The van der Waals surface area contributed by atoms with E-state index in [1.807, 2.05) is 48.6 Å². The Labute approximate surface area is 157 Å². The average Bonchev–Trinajstić information content (AvgIpc) is 3.01. The Kier molecular flexibility index (Phi) is 5.14. The number of rotatable bonds is 4. The summed E-state index contributed by atoms with van der Waals surface area (Å²) in [4.78, 5) is 25.4. The molecule has 0 amide bonds. The molecule has 0 N–H and O–H groups in total. The summed E-state index contributed by atoms with van der Waals surface area (Å²) in [6, 6.07) is 15.0. The van der Waals surface area contributed by atoms with Crippen molar-refractivity contribution in [3.8, 4) is 0 Å². The smallest absolute Gasteiger partial charge is 0.324 e. The topological polar surface area (TPSA) is 52.6 Å². The summed E-state index contributed by atoms with van der Waals surface area (Å²) in [6.07, 6.45) is 3.99. The number of benzene rings is 2. The Morgan fingerprint density at radius 2 is 1.65 bits per heavy atom. The molecule has 5 heteroatoms. The second kappa shape index (κ2) is 7.34. The lowest BCUT2D eigenvalue weighted by molar-refractivity contribution is -0.169. The third-order valence-electron chi connectivity index (χ3n) is 4.84. The molecule has 134 valence electrons.